The standard InChI is InChI=1S/C15H21Br2NO3/c1-9(8-15(2,3)21-5)18-13-11(14(19)20-4)6-10(16)7-12(13)17/h6-7,9,18H,8H2,1-5H3. The van der Waals surface area contributed by atoms with Gasteiger partial charge in [0.15, 0.2) is 0 Å². The van der Waals surface area contributed by atoms with Gasteiger partial charge in [0.1, 0.15) is 0 Å². The third kappa shape index (κ3) is 5.27. The zero-order chi connectivity index (χ0) is 16.2. The Labute approximate surface area is 142 Å². The molecule has 1 rings (SSSR count). The lowest BCUT2D eigenvalue weighted by Gasteiger charge is -2.28. The molecule has 1 atom stereocenters. The minimum Gasteiger partial charge on any atom is -0.465 e. The molecule has 118 valence electrons. The average Bonchev–Trinajstić information content (AvgIpc) is 2.40. The molecule has 0 radical (unpaired) electrons. The van der Waals surface area contributed by atoms with Crippen molar-refractivity contribution in [2.45, 2.75) is 38.8 Å². The van der Waals surface area contributed by atoms with Crippen LogP contribution in [0.1, 0.15) is 37.6 Å². The second-order valence-electron chi connectivity index (χ2n) is 5.52. The molecule has 0 aliphatic rings. The lowest BCUT2D eigenvalue weighted by Crippen LogP contribution is -2.31. The predicted molar refractivity (Wildman–Crippen MR) is 92.0 cm³/mol. The van der Waals surface area contributed by atoms with Crippen molar-refractivity contribution in [1.29, 1.82) is 0 Å². The molecule has 6 heteroatoms. The molecule has 0 heterocycles. The van der Waals surface area contributed by atoms with Gasteiger partial charge in [-0.25, -0.2) is 4.79 Å². The monoisotopic (exact) mass is 421 g/mol. The summed E-state index contributed by atoms with van der Waals surface area (Å²) >= 11 is 6.87. The van der Waals surface area contributed by atoms with E-state index in [-0.39, 0.29) is 17.6 Å². The lowest BCUT2D eigenvalue weighted by atomic mass is 9.99. The first-order valence-corrected chi connectivity index (χ1v) is 8.18. The molecule has 0 spiro atoms. The quantitative estimate of drug-likeness (QED) is 0.679. The number of methoxy groups -OCH3 is 2. The molecule has 0 amide bonds. The van der Waals surface area contributed by atoms with E-state index in [0.29, 0.717) is 5.56 Å². The minimum atomic E-state index is -0.377. The Balaban J connectivity index is 3.04. The highest BCUT2D eigenvalue weighted by Crippen LogP contribution is 2.32. The van der Waals surface area contributed by atoms with Gasteiger partial charge >= 0.3 is 5.97 Å². The van der Waals surface area contributed by atoms with Crippen molar-refractivity contribution in [3.05, 3.63) is 26.6 Å². The van der Waals surface area contributed by atoms with Crippen LogP contribution in [0.15, 0.2) is 21.1 Å². The second-order valence-corrected chi connectivity index (χ2v) is 7.29. The summed E-state index contributed by atoms with van der Waals surface area (Å²) in [7, 11) is 3.07. The van der Waals surface area contributed by atoms with Gasteiger partial charge in [-0.2, -0.15) is 0 Å². The van der Waals surface area contributed by atoms with E-state index in [2.05, 4.69) is 44.1 Å². The SMILES string of the molecule is COC(=O)c1cc(Br)cc(Br)c1NC(C)CC(C)(C)OC. The van der Waals surface area contributed by atoms with Crippen molar-refractivity contribution in [1.82, 2.24) is 0 Å². The summed E-state index contributed by atoms with van der Waals surface area (Å²) in [6.45, 7) is 6.11. The molecule has 4 nitrogen and oxygen atoms in total. The molecule has 0 bridgehead atoms. The number of halogens is 2. The van der Waals surface area contributed by atoms with Gasteiger partial charge < -0.3 is 14.8 Å². The number of anilines is 1. The normalized spacial score (nSPS) is 12.9. The van der Waals surface area contributed by atoms with Gasteiger partial charge in [-0.1, -0.05) is 15.9 Å². The number of carbonyl (C=O) groups excluding carboxylic acids is 1. The Hall–Kier alpha value is -0.590. The first-order valence-electron chi connectivity index (χ1n) is 6.59. The molecule has 0 aliphatic carbocycles. The van der Waals surface area contributed by atoms with Crippen molar-refractivity contribution in [3.63, 3.8) is 0 Å². The van der Waals surface area contributed by atoms with Gasteiger partial charge in [-0.15, -0.1) is 0 Å². The number of hydrogen-bond donors (Lipinski definition) is 1. The molecular formula is C15H21Br2NO3. The molecule has 0 saturated heterocycles. The fourth-order valence-electron chi connectivity index (χ4n) is 2.11. The van der Waals surface area contributed by atoms with Gasteiger partial charge in [0.2, 0.25) is 0 Å². The fraction of sp³-hybridized carbons (Fsp3) is 0.533. The maximum Gasteiger partial charge on any atom is 0.340 e. The molecule has 1 unspecified atom stereocenters. The molecule has 1 aromatic carbocycles. The molecule has 0 saturated carbocycles. The Bertz CT molecular complexity index is 518. The van der Waals surface area contributed by atoms with Crippen LogP contribution in [-0.2, 0) is 9.47 Å². The molecule has 0 fully saturated rings. The van der Waals surface area contributed by atoms with E-state index in [1.165, 1.54) is 7.11 Å². The number of hydrogen-bond acceptors (Lipinski definition) is 4. The van der Waals surface area contributed by atoms with Crippen LogP contribution in [0.5, 0.6) is 0 Å². The number of carbonyl (C=O) groups is 1. The summed E-state index contributed by atoms with van der Waals surface area (Å²) in [5.74, 6) is -0.377. The highest BCUT2D eigenvalue weighted by atomic mass is 79.9. The zero-order valence-electron chi connectivity index (χ0n) is 12.9. The summed E-state index contributed by atoms with van der Waals surface area (Å²) in [5.41, 5.74) is 0.977. The number of rotatable bonds is 6. The second kappa shape index (κ2) is 7.61. The molecule has 0 aromatic heterocycles. The fourth-order valence-corrected chi connectivity index (χ4v) is 3.45. The van der Waals surface area contributed by atoms with E-state index >= 15 is 0 Å². The summed E-state index contributed by atoms with van der Waals surface area (Å²) in [4.78, 5) is 11.9. The molecule has 1 aromatic rings. The highest BCUT2D eigenvalue weighted by Gasteiger charge is 2.23. The van der Waals surface area contributed by atoms with Crippen LogP contribution in [0.4, 0.5) is 5.69 Å². The largest absolute Gasteiger partial charge is 0.465 e. The zero-order valence-corrected chi connectivity index (χ0v) is 16.1. The number of nitrogens with one attached hydrogen (secondary N) is 1. The van der Waals surface area contributed by atoms with Crippen LogP contribution in [-0.4, -0.2) is 31.8 Å². The van der Waals surface area contributed by atoms with E-state index in [1.807, 2.05) is 19.9 Å². The summed E-state index contributed by atoms with van der Waals surface area (Å²) in [6.07, 6.45) is 0.798. The van der Waals surface area contributed by atoms with E-state index < -0.39 is 0 Å². The van der Waals surface area contributed by atoms with Crippen LogP contribution in [0.3, 0.4) is 0 Å². The third-order valence-electron chi connectivity index (χ3n) is 3.20. The van der Waals surface area contributed by atoms with Crippen molar-refractivity contribution < 1.29 is 14.3 Å². The van der Waals surface area contributed by atoms with Crippen molar-refractivity contribution >= 4 is 43.5 Å². The first kappa shape index (κ1) is 18.5. The number of benzene rings is 1. The maximum atomic E-state index is 11.9. The van der Waals surface area contributed by atoms with Crippen LogP contribution in [0.25, 0.3) is 0 Å². The third-order valence-corrected chi connectivity index (χ3v) is 4.28. The molecule has 21 heavy (non-hydrogen) atoms. The van der Waals surface area contributed by atoms with Crippen LogP contribution >= 0.6 is 31.9 Å². The van der Waals surface area contributed by atoms with Crippen LogP contribution in [0, 0.1) is 0 Å². The smallest absolute Gasteiger partial charge is 0.340 e. The Morgan fingerprint density at radius 2 is 1.95 bits per heavy atom. The number of esters is 1. The molecule has 1 N–H and O–H groups in total. The summed E-state index contributed by atoms with van der Waals surface area (Å²) in [5, 5.41) is 3.36. The van der Waals surface area contributed by atoms with E-state index in [0.717, 1.165) is 21.1 Å². The van der Waals surface area contributed by atoms with Crippen molar-refractivity contribution in [2.24, 2.45) is 0 Å². The topological polar surface area (TPSA) is 47.6 Å². The van der Waals surface area contributed by atoms with Crippen LogP contribution < -0.4 is 5.32 Å². The van der Waals surface area contributed by atoms with Gasteiger partial charge in [-0.05, 0) is 55.3 Å². The van der Waals surface area contributed by atoms with Crippen LogP contribution in [0.2, 0.25) is 0 Å². The van der Waals surface area contributed by atoms with E-state index in [9.17, 15) is 4.79 Å². The summed E-state index contributed by atoms with van der Waals surface area (Å²) < 4.78 is 11.9. The van der Waals surface area contributed by atoms with Crippen molar-refractivity contribution in [3.8, 4) is 0 Å². The maximum absolute atomic E-state index is 11.9. The highest BCUT2D eigenvalue weighted by molar-refractivity contribution is 9.11. The Morgan fingerprint density at radius 1 is 1.33 bits per heavy atom. The average molecular weight is 423 g/mol. The minimum absolute atomic E-state index is 0.126. The van der Waals surface area contributed by atoms with Gasteiger partial charge in [0.25, 0.3) is 0 Å². The summed E-state index contributed by atoms with van der Waals surface area (Å²) in [6, 6.07) is 3.76. The van der Waals surface area contributed by atoms with Gasteiger partial charge in [0.05, 0.1) is 24.0 Å². The lowest BCUT2D eigenvalue weighted by molar-refractivity contribution is 0.0128. The van der Waals surface area contributed by atoms with E-state index in [4.69, 9.17) is 9.47 Å². The van der Waals surface area contributed by atoms with Gasteiger partial charge in [-0.3, -0.25) is 0 Å². The van der Waals surface area contributed by atoms with Gasteiger partial charge in [0, 0.05) is 22.1 Å². The predicted octanol–water partition coefficient (Wildman–Crippen LogP) is 4.61. The molecular weight excluding hydrogens is 402 g/mol. The Kier molecular flexibility index (Phi) is 6.69. The number of ether oxygens (including phenoxy) is 2. The van der Waals surface area contributed by atoms with Crippen molar-refractivity contribution in [2.75, 3.05) is 19.5 Å². The Morgan fingerprint density at radius 3 is 2.48 bits per heavy atom. The first-order chi connectivity index (χ1) is 9.70. The molecule has 0 aliphatic heterocycles. The van der Waals surface area contributed by atoms with E-state index in [1.54, 1.807) is 13.2 Å².